The third kappa shape index (κ3) is 3.71. The van der Waals surface area contributed by atoms with E-state index in [0.717, 1.165) is 30.2 Å². The molecular weight excluding hydrogens is 376 g/mol. The molecule has 19 heavy (non-hydrogen) atoms. The molecule has 2 rings (SSSR count). The molecule has 6 heteroatoms. The molecule has 0 radical (unpaired) electrons. The van der Waals surface area contributed by atoms with Crippen molar-refractivity contribution >= 4 is 43.8 Å². The Morgan fingerprint density at radius 3 is 2.68 bits per heavy atom. The Morgan fingerprint density at radius 2 is 2.16 bits per heavy atom. The zero-order chi connectivity index (χ0) is 13.8. The van der Waals surface area contributed by atoms with Crippen LogP contribution in [-0.4, -0.2) is 11.9 Å². The summed E-state index contributed by atoms with van der Waals surface area (Å²) in [6.45, 7) is 0. The quantitative estimate of drug-likeness (QED) is 0.634. The molecule has 1 heterocycles. The van der Waals surface area contributed by atoms with E-state index < -0.39 is 0 Å². The smallest absolute Gasteiger partial charge is 0.262 e. The number of nitrogens with zero attached hydrogens (tertiary/aromatic N) is 1. The molecule has 1 aliphatic carbocycles. The number of amides is 1. The summed E-state index contributed by atoms with van der Waals surface area (Å²) in [4.78, 5) is 12.0. The Kier molecular flexibility index (Phi) is 4.83. The number of nitrogens with one attached hydrogen (secondary N) is 1. The van der Waals surface area contributed by atoms with Crippen molar-refractivity contribution in [2.45, 2.75) is 31.7 Å². The van der Waals surface area contributed by atoms with E-state index in [1.165, 1.54) is 6.08 Å². The van der Waals surface area contributed by atoms with Crippen molar-refractivity contribution in [2.75, 3.05) is 0 Å². The highest BCUT2D eigenvalue weighted by Crippen LogP contribution is 2.28. The van der Waals surface area contributed by atoms with E-state index in [4.69, 9.17) is 9.68 Å². The molecule has 0 spiro atoms. The van der Waals surface area contributed by atoms with Gasteiger partial charge in [0.25, 0.3) is 5.91 Å². The maximum absolute atomic E-state index is 12.0. The first kappa shape index (κ1) is 14.4. The van der Waals surface area contributed by atoms with Crippen LogP contribution in [0.5, 0.6) is 0 Å². The monoisotopic (exact) mass is 386 g/mol. The summed E-state index contributed by atoms with van der Waals surface area (Å²) in [7, 11) is 0. The lowest BCUT2D eigenvalue weighted by atomic mass is 10.2. The number of carbonyl (C=O) groups is 1. The van der Waals surface area contributed by atoms with Crippen LogP contribution in [0.25, 0.3) is 6.08 Å². The Balaban J connectivity index is 2.10. The topological polar surface area (TPSA) is 66.0 Å². The molecule has 0 aromatic carbocycles. The van der Waals surface area contributed by atoms with Crippen molar-refractivity contribution in [2.24, 2.45) is 0 Å². The Bertz CT molecular complexity index is 532. The number of furan rings is 1. The van der Waals surface area contributed by atoms with E-state index in [1.807, 2.05) is 6.07 Å². The highest BCUT2D eigenvalue weighted by Gasteiger charge is 2.19. The van der Waals surface area contributed by atoms with Crippen molar-refractivity contribution in [1.82, 2.24) is 5.32 Å². The lowest BCUT2D eigenvalue weighted by molar-refractivity contribution is -0.117. The first-order valence-corrected chi connectivity index (χ1v) is 7.56. The molecule has 0 unspecified atom stereocenters. The van der Waals surface area contributed by atoms with E-state index in [2.05, 4.69) is 37.2 Å². The summed E-state index contributed by atoms with van der Waals surface area (Å²) in [5.74, 6) is 0.120. The van der Waals surface area contributed by atoms with Crippen LogP contribution in [0.4, 0.5) is 0 Å². The molecule has 1 amide bonds. The minimum Gasteiger partial charge on any atom is -0.449 e. The summed E-state index contributed by atoms with van der Waals surface area (Å²) in [6.07, 6.45) is 5.69. The van der Waals surface area contributed by atoms with Crippen LogP contribution in [0.3, 0.4) is 0 Å². The summed E-state index contributed by atoms with van der Waals surface area (Å²) in [5, 5.41) is 11.9. The molecule has 1 N–H and O–H groups in total. The highest BCUT2D eigenvalue weighted by molar-refractivity contribution is 9.13. The lowest BCUT2D eigenvalue weighted by Crippen LogP contribution is -2.33. The highest BCUT2D eigenvalue weighted by atomic mass is 79.9. The minimum atomic E-state index is -0.335. The number of hydrogen-bond donors (Lipinski definition) is 1. The van der Waals surface area contributed by atoms with Gasteiger partial charge in [-0.15, -0.1) is 0 Å². The largest absolute Gasteiger partial charge is 0.449 e. The first-order valence-electron chi connectivity index (χ1n) is 5.97. The van der Waals surface area contributed by atoms with E-state index in [0.29, 0.717) is 10.4 Å². The standard InChI is InChI=1S/C13H12Br2N2O2/c14-11-6-10(19-12(11)15)5-8(7-16)13(18)17-9-3-1-2-4-9/h5-6,9H,1-4H2,(H,17,18)/b8-5-. The molecule has 0 atom stereocenters. The van der Waals surface area contributed by atoms with Gasteiger partial charge in [0.05, 0.1) is 4.47 Å². The van der Waals surface area contributed by atoms with Crippen LogP contribution >= 0.6 is 31.9 Å². The van der Waals surface area contributed by atoms with Crippen LogP contribution in [0.15, 0.2) is 25.2 Å². The number of hydrogen-bond acceptors (Lipinski definition) is 3. The molecule has 4 nitrogen and oxygen atoms in total. The summed E-state index contributed by atoms with van der Waals surface area (Å²) in [6, 6.07) is 3.80. The van der Waals surface area contributed by atoms with Gasteiger partial charge in [-0.25, -0.2) is 0 Å². The zero-order valence-electron chi connectivity index (χ0n) is 10.1. The second kappa shape index (κ2) is 6.40. The van der Waals surface area contributed by atoms with Gasteiger partial charge in [0.15, 0.2) is 4.67 Å². The fraction of sp³-hybridized carbons (Fsp3) is 0.385. The zero-order valence-corrected chi connectivity index (χ0v) is 13.3. The predicted octanol–water partition coefficient (Wildman–Crippen LogP) is 3.77. The first-order chi connectivity index (χ1) is 9.10. The lowest BCUT2D eigenvalue weighted by Gasteiger charge is -2.10. The van der Waals surface area contributed by atoms with E-state index in [1.54, 1.807) is 6.07 Å². The molecule has 0 bridgehead atoms. The Labute approximate surface area is 128 Å². The van der Waals surface area contributed by atoms with Gasteiger partial charge in [-0.2, -0.15) is 5.26 Å². The fourth-order valence-corrected chi connectivity index (χ4v) is 2.67. The van der Waals surface area contributed by atoms with Gasteiger partial charge < -0.3 is 9.73 Å². The molecule has 100 valence electrons. The van der Waals surface area contributed by atoms with Gasteiger partial charge in [0.1, 0.15) is 17.4 Å². The van der Waals surface area contributed by atoms with Crippen molar-refractivity contribution in [1.29, 1.82) is 5.26 Å². The van der Waals surface area contributed by atoms with Crippen LogP contribution in [0.2, 0.25) is 0 Å². The average Bonchev–Trinajstić information content (AvgIpc) is 2.97. The Hall–Kier alpha value is -1.06. The molecule has 1 aromatic rings. The summed E-state index contributed by atoms with van der Waals surface area (Å²) >= 11 is 6.49. The average molecular weight is 388 g/mol. The number of rotatable bonds is 3. The summed E-state index contributed by atoms with van der Waals surface area (Å²) < 4.78 is 6.61. The number of carbonyl (C=O) groups excluding carboxylic acids is 1. The molecule has 0 aliphatic heterocycles. The van der Waals surface area contributed by atoms with Gasteiger partial charge >= 0.3 is 0 Å². The molecular formula is C13H12Br2N2O2. The molecule has 1 fully saturated rings. The summed E-state index contributed by atoms with van der Waals surface area (Å²) in [5.41, 5.74) is 0.0562. The van der Waals surface area contributed by atoms with E-state index >= 15 is 0 Å². The maximum atomic E-state index is 12.0. The third-order valence-corrected chi connectivity index (χ3v) is 4.72. The van der Waals surface area contributed by atoms with Crippen LogP contribution in [-0.2, 0) is 4.79 Å². The van der Waals surface area contributed by atoms with Gasteiger partial charge in [-0.05, 0) is 50.8 Å². The van der Waals surface area contributed by atoms with E-state index in [9.17, 15) is 4.79 Å². The Morgan fingerprint density at radius 1 is 1.47 bits per heavy atom. The predicted molar refractivity (Wildman–Crippen MR) is 78.1 cm³/mol. The number of halogens is 2. The molecule has 1 saturated carbocycles. The maximum Gasteiger partial charge on any atom is 0.262 e. The normalized spacial score (nSPS) is 16.4. The van der Waals surface area contributed by atoms with Gasteiger partial charge in [-0.3, -0.25) is 4.79 Å². The SMILES string of the molecule is N#C/C(=C/c1cc(Br)c(Br)o1)C(=O)NC1CCCC1. The molecule has 1 aromatic heterocycles. The third-order valence-electron chi connectivity index (χ3n) is 3.01. The van der Waals surface area contributed by atoms with Crippen LogP contribution in [0.1, 0.15) is 31.4 Å². The van der Waals surface area contributed by atoms with Crippen molar-refractivity contribution < 1.29 is 9.21 Å². The number of nitriles is 1. The van der Waals surface area contributed by atoms with Gasteiger partial charge in [-0.1, -0.05) is 12.8 Å². The fourth-order valence-electron chi connectivity index (χ4n) is 2.06. The second-order valence-electron chi connectivity index (χ2n) is 4.40. The second-order valence-corrected chi connectivity index (χ2v) is 5.97. The van der Waals surface area contributed by atoms with E-state index in [-0.39, 0.29) is 17.5 Å². The van der Waals surface area contributed by atoms with Crippen LogP contribution < -0.4 is 5.32 Å². The van der Waals surface area contributed by atoms with Crippen molar-refractivity contribution in [3.05, 3.63) is 26.5 Å². The molecule has 0 saturated heterocycles. The van der Waals surface area contributed by atoms with Crippen molar-refractivity contribution in [3.63, 3.8) is 0 Å². The molecule has 1 aliphatic rings. The van der Waals surface area contributed by atoms with Crippen molar-refractivity contribution in [3.8, 4) is 6.07 Å². The van der Waals surface area contributed by atoms with Gasteiger partial charge in [0, 0.05) is 12.1 Å². The van der Waals surface area contributed by atoms with Crippen LogP contribution in [0, 0.1) is 11.3 Å². The van der Waals surface area contributed by atoms with Gasteiger partial charge in [0.2, 0.25) is 0 Å². The minimum absolute atomic E-state index is 0.0562.